The minimum atomic E-state index is 0.0778. The summed E-state index contributed by atoms with van der Waals surface area (Å²) in [5, 5.41) is 6.76. The Labute approximate surface area is 160 Å². The van der Waals surface area contributed by atoms with Gasteiger partial charge in [0.15, 0.2) is 0 Å². The van der Waals surface area contributed by atoms with Crippen molar-refractivity contribution in [2.75, 3.05) is 17.7 Å². The molecule has 1 amide bonds. The van der Waals surface area contributed by atoms with Crippen LogP contribution in [0.3, 0.4) is 0 Å². The van der Waals surface area contributed by atoms with Gasteiger partial charge in [0.2, 0.25) is 5.91 Å². The summed E-state index contributed by atoms with van der Waals surface area (Å²) in [6.45, 7) is 2.02. The average molecular weight is 362 g/mol. The predicted octanol–water partition coefficient (Wildman–Crippen LogP) is 5.26. The van der Waals surface area contributed by atoms with E-state index in [0.29, 0.717) is 18.3 Å². The van der Waals surface area contributed by atoms with Gasteiger partial charge in [-0.3, -0.25) is 4.79 Å². The van der Waals surface area contributed by atoms with Crippen LogP contribution in [-0.2, 0) is 4.79 Å². The molecule has 2 aromatic rings. The first-order chi connectivity index (χ1) is 13.2. The lowest BCUT2D eigenvalue weighted by Crippen LogP contribution is -2.29. The molecule has 2 aliphatic rings. The number of hydrogen-bond acceptors (Lipinski definition) is 3. The predicted molar refractivity (Wildman–Crippen MR) is 109 cm³/mol. The monoisotopic (exact) mass is 362 g/mol. The maximum absolute atomic E-state index is 12.0. The van der Waals surface area contributed by atoms with Gasteiger partial charge in [0.25, 0.3) is 0 Å². The third-order valence-corrected chi connectivity index (χ3v) is 5.58. The van der Waals surface area contributed by atoms with Crippen molar-refractivity contribution < 1.29 is 9.53 Å². The number of amides is 1. The van der Waals surface area contributed by atoms with Crippen molar-refractivity contribution >= 4 is 17.3 Å². The van der Waals surface area contributed by atoms with E-state index in [1.807, 2.05) is 19.1 Å². The first-order valence-electron chi connectivity index (χ1n) is 9.70. The molecule has 2 N–H and O–H groups in total. The van der Waals surface area contributed by atoms with Gasteiger partial charge >= 0.3 is 0 Å². The van der Waals surface area contributed by atoms with Crippen LogP contribution in [-0.4, -0.2) is 13.0 Å². The fourth-order valence-corrected chi connectivity index (χ4v) is 4.29. The molecule has 1 heterocycles. The Morgan fingerprint density at radius 3 is 2.96 bits per heavy atom. The summed E-state index contributed by atoms with van der Waals surface area (Å²) in [4.78, 5) is 12.0. The molecule has 2 aromatic carbocycles. The van der Waals surface area contributed by atoms with Crippen molar-refractivity contribution in [1.82, 2.24) is 0 Å². The Bertz CT molecular complexity index is 874. The molecule has 27 heavy (non-hydrogen) atoms. The van der Waals surface area contributed by atoms with Crippen molar-refractivity contribution in [3.05, 3.63) is 65.7 Å². The van der Waals surface area contributed by atoms with E-state index in [9.17, 15) is 4.79 Å². The molecule has 0 fully saturated rings. The number of nitrogens with one attached hydrogen (secondary N) is 2. The summed E-state index contributed by atoms with van der Waals surface area (Å²) in [5.74, 6) is 1.79. The van der Waals surface area contributed by atoms with Gasteiger partial charge in [0, 0.05) is 23.7 Å². The van der Waals surface area contributed by atoms with Crippen molar-refractivity contribution in [2.24, 2.45) is 5.92 Å². The fourth-order valence-electron chi connectivity index (χ4n) is 4.29. The number of carbonyl (C=O) groups is 1. The molecule has 0 spiro atoms. The number of rotatable bonds is 5. The second kappa shape index (κ2) is 7.47. The van der Waals surface area contributed by atoms with E-state index < -0.39 is 0 Å². The first kappa shape index (κ1) is 17.7. The van der Waals surface area contributed by atoms with Gasteiger partial charge < -0.3 is 15.4 Å². The summed E-state index contributed by atoms with van der Waals surface area (Å²) < 4.78 is 5.42. The highest BCUT2D eigenvalue weighted by Gasteiger charge is 2.38. The maximum atomic E-state index is 12.0. The average Bonchev–Trinajstić information content (AvgIpc) is 3.18. The Hall–Kier alpha value is -2.75. The topological polar surface area (TPSA) is 50.4 Å². The normalized spacial score (nSPS) is 22.5. The first-order valence-corrected chi connectivity index (χ1v) is 9.70. The summed E-state index contributed by atoms with van der Waals surface area (Å²) in [6, 6.07) is 14.8. The number of benzene rings is 2. The van der Waals surface area contributed by atoms with Gasteiger partial charge in [-0.05, 0) is 60.2 Å². The highest BCUT2D eigenvalue weighted by molar-refractivity contribution is 5.91. The molecule has 1 aliphatic carbocycles. The van der Waals surface area contributed by atoms with Crippen molar-refractivity contribution in [1.29, 1.82) is 0 Å². The van der Waals surface area contributed by atoms with Gasteiger partial charge in [0.1, 0.15) is 5.75 Å². The third-order valence-electron chi connectivity index (χ3n) is 5.58. The zero-order chi connectivity index (χ0) is 18.8. The molecular formula is C23H26N2O2. The van der Waals surface area contributed by atoms with Crippen LogP contribution in [0.2, 0.25) is 0 Å². The summed E-state index contributed by atoms with van der Waals surface area (Å²) in [7, 11) is 1.71. The van der Waals surface area contributed by atoms with Gasteiger partial charge in [-0.25, -0.2) is 0 Å². The Kier molecular flexibility index (Phi) is 4.88. The molecule has 3 unspecified atom stereocenters. The highest BCUT2D eigenvalue weighted by Crippen LogP contribution is 2.50. The standard InChI is InChI=1S/C23H26N2O2/c1-3-6-22(26)24-16-11-12-21-20(14-16)18-9-5-10-19(18)23(25-21)15-7-4-8-17(13-15)27-2/h4-5,7-9,11-14,18-19,23,25H,3,6,10H2,1-2H3,(H,24,26). The minimum Gasteiger partial charge on any atom is -0.497 e. The zero-order valence-corrected chi connectivity index (χ0v) is 15.9. The highest BCUT2D eigenvalue weighted by atomic mass is 16.5. The van der Waals surface area contributed by atoms with E-state index >= 15 is 0 Å². The summed E-state index contributed by atoms with van der Waals surface area (Å²) in [6.07, 6.45) is 7.05. The third kappa shape index (κ3) is 3.44. The lowest BCUT2D eigenvalue weighted by atomic mass is 9.77. The number of ether oxygens (including phenoxy) is 1. The van der Waals surface area contributed by atoms with Gasteiger partial charge in [0.05, 0.1) is 13.2 Å². The fraction of sp³-hybridized carbons (Fsp3) is 0.348. The number of anilines is 2. The molecule has 0 aromatic heterocycles. The van der Waals surface area contributed by atoms with Crippen LogP contribution in [0, 0.1) is 5.92 Å². The second-order valence-corrected chi connectivity index (χ2v) is 7.35. The molecule has 3 atom stereocenters. The number of fused-ring (bicyclic) bond motifs is 3. The van der Waals surface area contributed by atoms with E-state index in [0.717, 1.165) is 30.0 Å². The summed E-state index contributed by atoms with van der Waals surface area (Å²) in [5.41, 5.74) is 4.54. The van der Waals surface area contributed by atoms with Crippen molar-refractivity contribution in [3.8, 4) is 5.75 Å². The molecular weight excluding hydrogens is 336 g/mol. The van der Waals surface area contributed by atoms with E-state index in [1.54, 1.807) is 7.11 Å². The van der Waals surface area contributed by atoms with Crippen LogP contribution in [0.25, 0.3) is 0 Å². The molecule has 4 nitrogen and oxygen atoms in total. The van der Waals surface area contributed by atoms with Crippen LogP contribution in [0.15, 0.2) is 54.6 Å². The molecule has 0 bridgehead atoms. The van der Waals surface area contributed by atoms with E-state index in [4.69, 9.17) is 4.74 Å². The zero-order valence-electron chi connectivity index (χ0n) is 15.9. The van der Waals surface area contributed by atoms with E-state index in [1.165, 1.54) is 11.1 Å². The maximum Gasteiger partial charge on any atom is 0.224 e. The number of allylic oxidation sites excluding steroid dienone is 2. The smallest absolute Gasteiger partial charge is 0.224 e. The molecule has 0 saturated heterocycles. The van der Waals surface area contributed by atoms with Gasteiger partial charge in [-0.2, -0.15) is 0 Å². The SMILES string of the molecule is CCCC(=O)Nc1ccc2c(c1)C1C=CCC1C(c1cccc(OC)c1)N2. The molecule has 0 saturated carbocycles. The quantitative estimate of drug-likeness (QED) is 0.713. The Balaban J connectivity index is 1.65. The number of carbonyl (C=O) groups excluding carboxylic acids is 1. The minimum absolute atomic E-state index is 0.0778. The number of methoxy groups -OCH3 is 1. The van der Waals surface area contributed by atoms with Crippen molar-refractivity contribution in [3.63, 3.8) is 0 Å². The van der Waals surface area contributed by atoms with Gasteiger partial charge in [-0.1, -0.05) is 31.2 Å². The molecule has 4 heteroatoms. The van der Waals surface area contributed by atoms with Crippen LogP contribution < -0.4 is 15.4 Å². The second-order valence-electron chi connectivity index (χ2n) is 7.35. The van der Waals surface area contributed by atoms with E-state index in [-0.39, 0.29) is 11.9 Å². The molecule has 4 rings (SSSR count). The van der Waals surface area contributed by atoms with Gasteiger partial charge in [-0.15, -0.1) is 0 Å². The lowest BCUT2D eigenvalue weighted by molar-refractivity contribution is -0.116. The van der Waals surface area contributed by atoms with Crippen LogP contribution in [0.1, 0.15) is 49.3 Å². The van der Waals surface area contributed by atoms with Crippen LogP contribution in [0.5, 0.6) is 5.75 Å². The largest absolute Gasteiger partial charge is 0.497 e. The Morgan fingerprint density at radius 2 is 2.15 bits per heavy atom. The van der Waals surface area contributed by atoms with Crippen molar-refractivity contribution in [2.45, 2.75) is 38.1 Å². The molecule has 140 valence electrons. The number of hydrogen-bond donors (Lipinski definition) is 2. The summed E-state index contributed by atoms with van der Waals surface area (Å²) >= 11 is 0. The molecule has 1 aliphatic heterocycles. The Morgan fingerprint density at radius 1 is 1.26 bits per heavy atom. The van der Waals surface area contributed by atoms with Crippen LogP contribution in [0.4, 0.5) is 11.4 Å². The lowest BCUT2D eigenvalue weighted by Gasteiger charge is -2.37. The van der Waals surface area contributed by atoms with Crippen LogP contribution >= 0.6 is 0 Å². The molecule has 0 radical (unpaired) electrons. The van der Waals surface area contributed by atoms with E-state index in [2.05, 4.69) is 53.1 Å².